The van der Waals surface area contributed by atoms with E-state index in [0.29, 0.717) is 0 Å². The molecule has 5 atom stereocenters. The molecule has 1 aromatic rings. The van der Waals surface area contributed by atoms with Crippen LogP contribution in [0.3, 0.4) is 0 Å². The third-order valence-electron chi connectivity index (χ3n) is 3.81. The fraction of sp³-hybridized carbons (Fsp3) is 0.562. The van der Waals surface area contributed by atoms with Crippen molar-refractivity contribution in [1.82, 2.24) is 0 Å². The first kappa shape index (κ1) is 15.9. The molecule has 0 N–H and O–H groups in total. The largest absolute Gasteiger partial charge is 0.342 e. The van der Waals surface area contributed by atoms with E-state index in [4.69, 9.17) is 14.2 Å². The molecular weight excluding hydrogens is 271 g/mol. The van der Waals surface area contributed by atoms with Gasteiger partial charge in [0.15, 0.2) is 12.1 Å². The van der Waals surface area contributed by atoms with Gasteiger partial charge in [0, 0.05) is 6.42 Å². The number of hydrogen-bond acceptors (Lipinski definition) is 3. The van der Waals surface area contributed by atoms with E-state index in [0.717, 1.165) is 6.42 Å². The lowest BCUT2D eigenvalue weighted by Gasteiger charge is -2.56. The zero-order valence-corrected chi connectivity index (χ0v) is 13.5. The predicted octanol–water partition coefficient (Wildman–Crippen LogP) is 3.71. The predicted molar refractivity (Wildman–Crippen MR) is 82.0 cm³/mol. The van der Waals surface area contributed by atoms with Gasteiger partial charge in [-0.05, 0) is 40.9 Å². The second-order valence-corrected chi connectivity index (χ2v) is 8.64. The molecular formula is C16H23O3P. The number of benzene rings is 1. The van der Waals surface area contributed by atoms with Gasteiger partial charge in [-0.15, -0.1) is 0 Å². The maximum absolute atomic E-state index is 6.17. The first-order valence-electron chi connectivity index (χ1n) is 6.80. The minimum atomic E-state index is -0.532. The molecule has 0 aromatic heterocycles. The maximum atomic E-state index is 6.17. The van der Waals surface area contributed by atoms with Crippen molar-refractivity contribution in [2.45, 2.75) is 57.4 Å². The Balaban J connectivity index is 0.00000147. The van der Waals surface area contributed by atoms with E-state index in [1.165, 1.54) is 5.30 Å². The minimum absolute atomic E-state index is 0. The highest BCUT2D eigenvalue weighted by molar-refractivity contribution is 7.67. The normalized spacial score (nSPS) is 43.7. The van der Waals surface area contributed by atoms with Crippen molar-refractivity contribution in [2.24, 2.45) is 0 Å². The van der Waals surface area contributed by atoms with Gasteiger partial charge in [0.2, 0.25) is 0 Å². The Morgan fingerprint density at radius 3 is 2.35 bits per heavy atom. The van der Waals surface area contributed by atoms with Gasteiger partial charge >= 0.3 is 0 Å². The molecule has 20 heavy (non-hydrogen) atoms. The quantitative estimate of drug-likeness (QED) is 0.739. The summed E-state index contributed by atoms with van der Waals surface area (Å²) in [6.45, 7) is 8.32. The second kappa shape index (κ2) is 5.38. The molecule has 4 heteroatoms. The highest BCUT2D eigenvalue weighted by atomic mass is 31.1. The second-order valence-electron chi connectivity index (χ2n) is 5.71. The third-order valence-corrected chi connectivity index (χ3v) is 6.78. The summed E-state index contributed by atoms with van der Waals surface area (Å²) in [6.07, 6.45) is 0.569. The Labute approximate surface area is 123 Å². The summed E-state index contributed by atoms with van der Waals surface area (Å²) in [5.74, 6) is -0.381. The summed E-state index contributed by atoms with van der Waals surface area (Å²) in [5.41, 5.74) is 0. The van der Waals surface area contributed by atoms with E-state index in [9.17, 15) is 0 Å². The Morgan fingerprint density at radius 1 is 1.05 bits per heavy atom. The van der Waals surface area contributed by atoms with Gasteiger partial charge < -0.3 is 14.2 Å². The summed E-state index contributed by atoms with van der Waals surface area (Å²) >= 11 is 0. The van der Waals surface area contributed by atoms with Crippen molar-refractivity contribution >= 4 is 13.2 Å². The fourth-order valence-electron chi connectivity index (χ4n) is 3.49. The summed E-state index contributed by atoms with van der Waals surface area (Å²) in [6, 6.07) is 10.6. The number of ether oxygens (including phenoxy) is 3. The topological polar surface area (TPSA) is 27.7 Å². The molecule has 0 amide bonds. The maximum Gasteiger partial charge on any atom is 0.172 e. The number of hydrogen-bond donors (Lipinski definition) is 0. The van der Waals surface area contributed by atoms with E-state index in [1.54, 1.807) is 0 Å². The van der Waals surface area contributed by atoms with Gasteiger partial charge in [0.05, 0.1) is 11.2 Å². The summed E-state index contributed by atoms with van der Waals surface area (Å²) in [5, 5.41) is 1.16. The molecule has 110 valence electrons. The van der Waals surface area contributed by atoms with Gasteiger partial charge in [-0.25, -0.2) is 0 Å². The third kappa shape index (κ3) is 2.65. The van der Waals surface area contributed by atoms with E-state index in [-0.39, 0.29) is 24.9 Å². The molecule has 2 bridgehead atoms. The Morgan fingerprint density at radius 2 is 1.70 bits per heavy atom. The molecule has 3 nitrogen and oxygen atoms in total. The van der Waals surface area contributed by atoms with E-state index in [1.807, 2.05) is 19.9 Å². The average molecular weight is 294 g/mol. The molecule has 2 aliphatic rings. The van der Waals surface area contributed by atoms with Crippen molar-refractivity contribution in [1.29, 1.82) is 0 Å². The van der Waals surface area contributed by atoms with Crippen LogP contribution in [0.15, 0.2) is 30.3 Å². The minimum Gasteiger partial charge on any atom is -0.342 e. The van der Waals surface area contributed by atoms with E-state index in [2.05, 4.69) is 38.1 Å². The lowest BCUT2D eigenvalue weighted by molar-refractivity contribution is -0.369. The van der Waals surface area contributed by atoms with Crippen LogP contribution in [0.2, 0.25) is 0 Å². The van der Waals surface area contributed by atoms with Gasteiger partial charge in [-0.3, -0.25) is 0 Å². The lowest BCUT2D eigenvalue weighted by atomic mass is 10.1. The number of rotatable bonds is 1. The highest BCUT2D eigenvalue weighted by Crippen LogP contribution is 2.63. The molecule has 0 spiro atoms. The SMILES string of the molecule is CC1OC2(C)CC(C)(O1)P(c1ccccc1)C(C)O2.[CH2]. The molecule has 0 aliphatic carbocycles. The zero-order chi connectivity index (χ0) is 13.7. The Kier molecular flexibility index (Phi) is 4.28. The van der Waals surface area contributed by atoms with Gasteiger partial charge in [0.25, 0.3) is 0 Å². The van der Waals surface area contributed by atoms with Crippen molar-refractivity contribution in [3.8, 4) is 0 Å². The molecule has 3 rings (SSSR count). The standard InChI is InChI=1S/C15H21O3P.CH2/c1-11-16-14(3)10-15(4,17-11)19(12(2)18-14)13-8-6-5-7-9-13;/h5-9,11-12H,10H2,1-4H3;1H2. The molecule has 2 saturated heterocycles. The molecule has 5 unspecified atom stereocenters. The van der Waals surface area contributed by atoms with Crippen LogP contribution in [0.25, 0.3) is 0 Å². The highest BCUT2D eigenvalue weighted by Gasteiger charge is 2.56. The zero-order valence-electron chi connectivity index (χ0n) is 12.6. The lowest BCUT2D eigenvalue weighted by Crippen LogP contribution is -2.58. The summed E-state index contributed by atoms with van der Waals surface area (Å²) < 4.78 is 18.2. The molecule has 0 saturated carbocycles. The van der Waals surface area contributed by atoms with Crippen molar-refractivity contribution in [3.63, 3.8) is 0 Å². The van der Waals surface area contributed by atoms with Crippen LogP contribution in [0.4, 0.5) is 0 Å². The van der Waals surface area contributed by atoms with Crippen LogP contribution >= 0.6 is 7.92 Å². The van der Waals surface area contributed by atoms with Crippen molar-refractivity contribution in [3.05, 3.63) is 37.8 Å². The monoisotopic (exact) mass is 294 g/mol. The molecule has 2 fully saturated rings. The van der Waals surface area contributed by atoms with E-state index >= 15 is 0 Å². The van der Waals surface area contributed by atoms with Crippen LogP contribution in [0, 0.1) is 7.43 Å². The fourth-order valence-corrected chi connectivity index (χ4v) is 6.77. The Bertz CT molecular complexity index is 466. The van der Waals surface area contributed by atoms with Crippen LogP contribution in [-0.4, -0.2) is 23.3 Å². The molecule has 2 heterocycles. The first-order chi connectivity index (χ1) is 8.92. The molecule has 2 radical (unpaired) electrons. The van der Waals surface area contributed by atoms with Crippen LogP contribution < -0.4 is 5.30 Å². The summed E-state index contributed by atoms with van der Waals surface area (Å²) in [7, 11) is -0.532. The van der Waals surface area contributed by atoms with Crippen LogP contribution in [-0.2, 0) is 14.2 Å². The van der Waals surface area contributed by atoms with Gasteiger partial charge in [-0.1, -0.05) is 37.8 Å². The van der Waals surface area contributed by atoms with Crippen LogP contribution in [0.1, 0.15) is 34.1 Å². The first-order valence-corrected chi connectivity index (χ1v) is 8.21. The summed E-state index contributed by atoms with van der Waals surface area (Å²) in [4.78, 5) is 0. The molecule has 2 aliphatic heterocycles. The Hall–Kier alpha value is -0.470. The smallest absolute Gasteiger partial charge is 0.172 e. The molecule has 1 aromatic carbocycles. The van der Waals surface area contributed by atoms with Crippen molar-refractivity contribution < 1.29 is 14.2 Å². The van der Waals surface area contributed by atoms with Gasteiger partial charge in [-0.2, -0.15) is 0 Å². The van der Waals surface area contributed by atoms with Gasteiger partial charge in [0.1, 0.15) is 0 Å². The van der Waals surface area contributed by atoms with Crippen LogP contribution in [0.5, 0.6) is 0 Å². The van der Waals surface area contributed by atoms with E-state index < -0.39 is 13.7 Å². The van der Waals surface area contributed by atoms with Crippen molar-refractivity contribution in [2.75, 3.05) is 0 Å². The average Bonchev–Trinajstić information content (AvgIpc) is 2.25. The number of fused-ring (bicyclic) bond motifs is 2.